The lowest BCUT2D eigenvalue weighted by molar-refractivity contribution is -0.192. The summed E-state index contributed by atoms with van der Waals surface area (Å²) in [6, 6.07) is 4.43. The summed E-state index contributed by atoms with van der Waals surface area (Å²) in [6.45, 7) is 1.50. The van der Waals surface area contributed by atoms with Gasteiger partial charge in [0.05, 0.1) is 5.92 Å². The van der Waals surface area contributed by atoms with Crippen LogP contribution in [0.5, 0.6) is 0 Å². The number of anilines is 1. The van der Waals surface area contributed by atoms with E-state index < -0.39 is 39.6 Å². The number of hydrogen-bond acceptors (Lipinski definition) is 8. The highest BCUT2D eigenvalue weighted by Crippen LogP contribution is 2.28. The number of nitrogens with one attached hydrogen (secondary N) is 2. The molecular weight excluding hydrogens is 521 g/mol. The summed E-state index contributed by atoms with van der Waals surface area (Å²) < 4.78 is 59.1. The van der Waals surface area contributed by atoms with Gasteiger partial charge >= 0.3 is 12.1 Å². The Morgan fingerprint density at radius 3 is 2.37 bits per heavy atom. The fraction of sp³-hybridized carbons (Fsp3) is 0.294. The molecule has 35 heavy (non-hydrogen) atoms. The number of pyridine rings is 1. The third-order valence-electron chi connectivity index (χ3n) is 3.82. The maximum atomic E-state index is 12.5. The Hall–Kier alpha value is -3.80. The quantitative estimate of drug-likeness (QED) is 0.111. The maximum absolute atomic E-state index is 12.5. The van der Waals surface area contributed by atoms with Gasteiger partial charge in [-0.1, -0.05) is 6.07 Å². The Morgan fingerprint density at radius 2 is 1.91 bits per heavy atom. The van der Waals surface area contributed by atoms with Crippen LogP contribution in [-0.4, -0.2) is 49.1 Å². The van der Waals surface area contributed by atoms with Crippen LogP contribution in [-0.2, 0) is 24.4 Å². The van der Waals surface area contributed by atoms with Gasteiger partial charge in [-0.3, -0.25) is 14.3 Å². The number of nitrogens with zero attached hydrogens (tertiary/aromatic N) is 1. The Labute approximate surface area is 199 Å². The van der Waals surface area contributed by atoms with Crippen molar-refractivity contribution in [2.45, 2.75) is 29.6 Å². The number of aryl methyl sites for hydroxylation is 1. The number of primary amides is 1. The molecule has 0 saturated heterocycles. The van der Waals surface area contributed by atoms with Crippen molar-refractivity contribution in [2.75, 3.05) is 11.3 Å². The van der Waals surface area contributed by atoms with E-state index in [0.29, 0.717) is 5.69 Å². The number of aromatic amines is 1. The summed E-state index contributed by atoms with van der Waals surface area (Å²) in [5.74, 6) is -4.84. The van der Waals surface area contributed by atoms with Crippen LogP contribution in [0.4, 0.5) is 18.9 Å². The molecule has 1 unspecified atom stereocenters. The first kappa shape index (κ1) is 29.2. The molecule has 2 rings (SSSR count). The number of carboxylic acids is 1. The minimum atomic E-state index is -5.08. The minimum Gasteiger partial charge on any atom is -0.475 e. The number of alkyl halides is 3. The number of sulfonamides is 1. The Balaban J connectivity index is 0.000000762. The highest BCUT2D eigenvalue weighted by molar-refractivity contribution is 7.94. The van der Waals surface area contributed by atoms with Crippen LogP contribution >= 0.6 is 11.3 Å². The molecule has 9 N–H and O–H groups in total. The smallest absolute Gasteiger partial charge is 0.475 e. The van der Waals surface area contributed by atoms with E-state index in [1.54, 1.807) is 18.4 Å². The molecule has 0 fully saturated rings. The van der Waals surface area contributed by atoms with E-state index in [1.165, 1.54) is 12.1 Å². The zero-order valence-corrected chi connectivity index (χ0v) is 19.5. The van der Waals surface area contributed by atoms with Crippen LogP contribution in [0, 0.1) is 6.92 Å². The highest BCUT2D eigenvalue weighted by Gasteiger charge is 2.38. The molecule has 13 nitrogen and oxygen atoms in total. The van der Waals surface area contributed by atoms with Gasteiger partial charge in [-0.15, -0.1) is 11.3 Å². The number of carboxylic acid groups (broad SMARTS) is 1. The van der Waals surface area contributed by atoms with Gasteiger partial charge in [0.1, 0.15) is 16.5 Å². The molecule has 0 spiro atoms. The fourth-order valence-corrected chi connectivity index (χ4v) is 4.52. The van der Waals surface area contributed by atoms with Gasteiger partial charge < -0.3 is 32.1 Å². The first-order valence-corrected chi connectivity index (χ1v) is 11.5. The van der Waals surface area contributed by atoms with Crippen LogP contribution in [0.2, 0.25) is 0 Å². The fourth-order valence-electron chi connectivity index (χ4n) is 2.44. The molecule has 0 saturated carbocycles. The third kappa shape index (κ3) is 9.16. The second-order valence-corrected chi connectivity index (χ2v) is 9.40. The first-order chi connectivity index (χ1) is 16.1. The van der Waals surface area contributed by atoms with Crippen molar-refractivity contribution in [3.8, 4) is 0 Å². The number of aliphatic carboxylic acids is 1. The number of carbonyl (C=O) groups is 2. The predicted octanol–water partition coefficient (Wildman–Crippen LogP) is 0.343. The van der Waals surface area contributed by atoms with E-state index in [-0.39, 0.29) is 34.4 Å². The summed E-state index contributed by atoms with van der Waals surface area (Å²) in [6.07, 6.45) is -5.07. The number of thiophene rings is 1. The van der Waals surface area contributed by atoms with Gasteiger partial charge in [0.15, 0.2) is 0 Å². The first-order valence-electron chi connectivity index (χ1n) is 9.16. The second kappa shape index (κ2) is 12.1. The average Bonchev–Trinajstić information content (AvgIpc) is 3.25. The maximum Gasteiger partial charge on any atom is 0.490 e. The van der Waals surface area contributed by atoms with Gasteiger partial charge in [0.25, 0.3) is 15.6 Å². The molecular formula is C17H21F3N6O7S2. The lowest BCUT2D eigenvalue weighted by Crippen LogP contribution is -2.28. The van der Waals surface area contributed by atoms with E-state index in [1.807, 2.05) is 0 Å². The van der Waals surface area contributed by atoms with E-state index in [9.17, 15) is 31.2 Å². The molecule has 2 aromatic rings. The van der Waals surface area contributed by atoms with Gasteiger partial charge in [0, 0.05) is 5.69 Å². The zero-order chi connectivity index (χ0) is 27.0. The molecule has 2 aromatic heterocycles. The second-order valence-electron chi connectivity index (χ2n) is 6.55. The lowest BCUT2D eigenvalue weighted by atomic mass is 9.94. The summed E-state index contributed by atoms with van der Waals surface area (Å²) in [4.78, 5) is 40.7. The van der Waals surface area contributed by atoms with E-state index in [0.717, 1.165) is 11.3 Å². The van der Waals surface area contributed by atoms with Crippen molar-refractivity contribution >= 4 is 44.9 Å². The molecule has 0 aliphatic heterocycles. The SMILES string of the molecule is Cc1cc(C(CCON=C(N)N)C(N)=O)c(NS(=O)(=O)c2cccs2)c(=O)[nH]1.O=C(O)C(F)(F)F. The standard InChI is InChI=1S/C15H20N6O5S2.C2HF3O2/c1-8-7-10(9(13(16)22)4-5-26-20-15(17)18)12(14(23)19-8)21-28(24,25)11-3-2-6-27-11;3-2(4,5)1(6)7/h2-3,6-7,9,21H,4-5H2,1H3,(H2,16,22)(H,19,23)(H4,17,18,20);(H,6,7). The Bertz CT molecular complexity index is 1220. The molecule has 0 radical (unpaired) electrons. The molecule has 0 aliphatic rings. The van der Waals surface area contributed by atoms with Gasteiger partial charge in [-0.05, 0) is 41.6 Å². The van der Waals surface area contributed by atoms with Gasteiger partial charge in [-0.25, -0.2) is 13.2 Å². The molecule has 0 bridgehead atoms. The summed E-state index contributed by atoms with van der Waals surface area (Å²) >= 11 is 0.985. The van der Waals surface area contributed by atoms with Crippen LogP contribution in [0.15, 0.2) is 37.7 Å². The third-order valence-corrected chi connectivity index (χ3v) is 6.57. The predicted molar refractivity (Wildman–Crippen MR) is 119 cm³/mol. The van der Waals surface area contributed by atoms with E-state index >= 15 is 0 Å². The monoisotopic (exact) mass is 542 g/mol. The highest BCUT2D eigenvalue weighted by atomic mass is 32.2. The van der Waals surface area contributed by atoms with Crippen LogP contribution in [0.3, 0.4) is 0 Å². The molecule has 2 heterocycles. The normalized spacial score (nSPS) is 12.0. The number of carbonyl (C=O) groups excluding carboxylic acids is 1. The van der Waals surface area contributed by atoms with Crippen LogP contribution in [0.25, 0.3) is 0 Å². The van der Waals surface area contributed by atoms with Crippen molar-refractivity contribution in [2.24, 2.45) is 22.4 Å². The number of rotatable bonds is 9. The van der Waals surface area contributed by atoms with Crippen LogP contribution in [0.1, 0.15) is 23.6 Å². The minimum absolute atomic E-state index is 0.0166. The van der Waals surface area contributed by atoms with Crippen LogP contribution < -0.4 is 27.5 Å². The molecule has 0 aliphatic carbocycles. The molecule has 194 valence electrons. The number of halogens is 3. The number of H-pyrrole nitrogens is 1. The molecule has 18 heteroatoms. The summed E-state index contributed by atoms with van der Waals surface area (Å²) in [5.41, 5.74) is 15.3. The lowest BCUT2D eigenvalue weighted by Gasteiger charge is -2.18. The topological polar surface area (TPSA) is 233 Å². The number of nitrogens with two attached hydrogens (primary N) is 3. The molecule has 1 atom stereocenters. The van der Waals surface area contributed by atoms with Gasteiger partial charge in [-0.2, -0.15) is 13.2 Å². The average molecular weight is 543 g/mol. The number of aromatic nitrogens is 1. The van der Waals surface area contributed by atoms with Crippen molar-refractivity contribution < 1.29 is 41.1 Å². The van der Waals surface area contributed by atoms with E-state index in [2.05, 4.69) is 14.9 Å². The Morgan fingerprint density at radius 1 is 1.31 bits per heavy atom. The number of hydrogen-bond donors (Lipinski definition) is 6. The van der Waals surface area contributed by atoms with Crippen molar-refractivity contribution in [1.29, 1.82) is 0 Å². The largest absolute Gasteiger partial charge is 0.490 e. The number of oxime groups is 1. The van der Waals surface area contributed by atoms with Crippen molar-refractivity contribution in [3.63, 3.8) is 0 Å². The van der Waals surface area contributed by atoms with Crippen molar-refractivity contribution in [3.05, 3.63) is 45.2 Å². The van der Waals surface area contributed by atoms with E-state index in [4.69, 9.17) is 31.9 Å². The zero-order valence-electron chi connectivity index (χ0n) is 17.8. The summed E-state index contributed by atoms with van der Waals surface area (Å²) in [7, 11) is -4.01. The molecule has 0 aromatic carbocycles. The van der Waals surface area contributed by atoms with Gasteiger partial charge in [0.2, 0.25) is 11.9 Å². The number of amides is 1. The molecule has 1 amide bonds. The summed E-state index contributed by atoms with van der Waals surface area (Å²) in [5, 5.41) is 12.1. The van der Waals surface area contributed by atoms with Crippen molar-refractivity contribution in [1.82, 2.24) is 4.98 Å². The Kier molecular flexibility index (Phi) is 10.1. The number of guanidine groups is 1.